The van der Waals surface area contributed by atoms with Gasteiger partial charge in [-0.1, -0.05) is 6.07 Å². The molecule has 0 radical (unpaired) electrons. The van der Waals surface area contributed by atoms with Gasteiger partial charge in [-0.3, -0.25) is 4.79 Å². The molecule has 3 unspecified atom stereocenters. The van der Waals surface area contributed by atoms with Gasteiger partial charge in [0.05, 0.1) is 52.2 Å². The van der Waals surface area contributed by atoms with E-state index < -0.39 is 18.1 Å². The largest absolute Gasteiger partial charge is 0.504 e. The van der Waals surface area contributed by atoms with E-state index in [1.165, 1.54) is 34.5 Å². The third-order valence-electron chi connectivity index (χ3n) is 5.13. The van der Waals surface area contributed by atoms with Crippen LogP contribution in [-0.2, 0) is 4.79 Å². The number of phenols is 1. The van der Waals surface area contributed by atoms with E-state index in [0.717, 1.165) is 0 Å². The summed E-state index contributed by atoms with van der Waals surface area (Å²) in [6.45, 7) is 1.57. The van der Waals surface area contributed by atoms with Gasteiger partial charge in [0.1, 0.15) is 0 Å². The molecule has 2 aromatic carbocycles. The SMILES string of the molecule is COc1ccc(C2C(C(C)O)C(=O)N2c2cc(OC)c(OC)c(OC)c2)cc1O. The van der Waals surface area contributed by atoms with Crippen molar-refractivity contribution < 1.29 is 34.0 Å². The normalized spacial score (nSPS) is 19.4. The highest BCUT2D eigenvalue weighted by Crippen LogP contribution is 2.50. The number of β-lactam (4-membered cyclic amide) rings is 1. The van der Waals surface area contributed by atoms with Crippen molar-refractivity contribution in [2.75, 3.05) is 33.3 Å². The number of aliphatic hydroxyl groups is 1. The number of methoxy groups -OCH3 is 4. The molecule has 0 aromatic heterocycles. The molecule has 8 nitrogen and oxygen atoms in total. The van der Waals surface area contributed by atoms with Crippen molar-refractivity contribution in [2.24, 2.45) is 5.92 Å². The number of hydrogen-bond acceptors (Lipinski definition) is 7. The zero-order valence-electron chi connectivity index (χ0n) is 17.0. The summed E-state index contributed by atoms with van der Waals surface area (Å²) in [5, 5.41) is 20.4. The zero-order chi connectivity index (χ0) is 21.3. The Hall–Kier alpha value is -3.13. The summed E-state index contributed by atoms with van der Waals surface area (Å²) in [5.74, 6) is 0.623. The van der Waals surface area contributed by atoms with Crippen molar-refractivity contribution in [1.29, 1.82) is 0 Å². The van der Waals surface area contributed by atoms with E-state index >= 15 is 0 Å². The molecule has 0 spiro atoms. The van der Waals surface area contributed by atoms with Gasteiger partial charge >= 0.3 is 0 Å². The zero-order valence-corrected chi connectivity index (χ0v) is 17.0. The molecule has 3 rings (SSSR count). The lowest BCUT2D eigenvalue weighted by atomic mass is 9.78. The van der Waals surface area contributed by atoms with E-state index in [1.807, 2.05) is 0 Å². The van der Waals surface area contributed by atoms with Crippen LogP contribution in [0.5, 0.6) is 28.7 Å². The van der Waals surface area contributed by atoms with Gasteiger partial charge in [-0.15, -0.1) is 0 Å². The highest BCUT2D eigenvalue weighted by Gasteiger charge is 2.51. The lowest BCUT2D eigenvalue weighted by Gasteiger charge is -2.48. The molecule has 29 heavy (non-hydrogen) atoms. The molecular formula is C21H25NO7. The first kappa shape index (κ1) is 20.6. The number of ether oxygens (including phenoxy) is 4. The molecule has 1 aliphatic rings. The first-order valence-corrected chi connectivity index (χ1v) is 9.05. The van der Waals surface area contributed by atoms with Crippen LogP contribution in [0.4, 0.5) is 5.69 Å². The minimum atomic E-state index is -0.866. The Bertz CT molecular complexity index is 887. The fourth-order valence-electron chi connectivity index (χ4n) is 3.72. The van der Waals surface area contributed by atoms with Gasteiger partial charge in [-0.2, -0.15) is 0 Å². The van der Waals surface area contributed by atoms with E-state index in [2.05, 4.69) is 0 Å². The Morgan fingerprint density at radius 2 is 1.52 bits per heavy atom. The number of carbonyl (C=O) groups excluding carboxylic acids is 1. The molecule has 3 atom stereocenters. The second-order valence-electron chi connectivity index (χ2n) is 6.73. The fourth-order valence-corrected chi connectivity index (χ4v) is 3.72. The van der Waals surface area contributed by atoms with Crippen molar-refractivity contribution in [3.05, 3.63) is 35.9 Å². The van der Waals surface area contributed by atoms with Crippen molar-refractivity contribution in [1.82, 2.24) is 0 Å². The topological polar surface area (TPSA) is 97.7 Å². The summed E-state index contributed by atoms with van der Waals surface area (Å²) < 4.78 is 21.2. The van der Waals surface area contributed by atoms with Crippen LogP contribution in [0.2, 0.25) is 0 Å². The van der Waals surface area contributed by atoms with Gasteiger partial charge in [0.15, 0.2) is 23.0 Å². The maximum absolute atomic E-state index is 12.9. The molecule has 1 aliphatic heterocycles. The van der Waals surface area contributed by atoms with Gasteiger partial charge < -0.3 is 34.1 Å². The molecular weight excluding hydrogens is 378 g/mol. The Balaban J connectivity index is 2.10. The van der Waals surface area contributed by atoms with Crippen molar-refractivity contribution >= 4 is 11.6 Å². The number of hydrogen-bond donors (Lipinski definition) is 2. The van der Waals surface area contributed by atoms with Crippen LogP contribution in [0, 0.1) is 5.92 Å². The Labute approximate surface area is 169 Å². The van der Waals surface area contributed by atoms with Crippen LogP contribution >= 0.6 is 0 Å². The quantitative estimate of drug-likeness (QED) is 0.686. The van der Waals surface area contributed by atoms with Crippen LogP contribution in [0.1, 0.15) is 18.5 Å². The lowest BCUT2D eigenvalue weighted by Crippen LogP contribution is -2.59. The van der Waals surface area contributed by atoms with Crippen LogP contribution < -0.4 is 23.8 Å². The maximum Gasteiger partial charge on any atom is 0.235 e. The Kier molecular flexibility index (Phi) is 5.74. The molecule has 0 bridgehead atoms. The van der Waals surface area contributed by atoms with E-state index in [9.17, 15) is 15.0 Å². The molecule has 0 aliphatic carbocycles. The molecule has 2 aromatic rings. The molecule has 156 valence electrons. The molecule has 8 heteroatoms. The fraction of sp³-hybridized carbons (Fsp3) is 0.381. The van der Waals surface area contributed by atoms with Crippen LogP contribution in [0.15, 0.2) is 30.3 Å². The van der Waals surface area contributed by atoms with Crippen molar-refractivity contribution in [2.45, 2.75) is 19.1 Å². The smallest absolute Gasteiger partial charge is 0.235 e. The lowest BCUT2D eigenvalue weighted by molar-refractivity contribution is -0.135. The number of phenolic OH excluding ortho intramolecular Hbond substituents is 1. The minimum absolute atomic E-state index is 0.0430. The summed E-state index contributed by atoms with van der Waals surface area (Å²) in [4.78, 5) is 14.5. The summed E-state index contributed by atoms with van der Waals surface area (Å²) in [5.41, 5.74) is 1.20. The number of benzene rings is 2. The van der Waals surface area contributed by atoms with Gasteiger partial charge in [0.25, 0.3) is 0 Å². The highest BCUT2D eigenvalue weighted by molar-refractivity contribution is 6.04. The standard InChI is InChI=1S/C21H25NO7/c1-11(23)18-19(12-6-7-15(26-2)14(24)8-12)22(21(18)25)13-9-16(27-3)20(29-5)17(10-13)28-4/h6-11,18-19,23-24H,1-5H3. The van der Waals surface area contributed by atoms with Crippen LogP contribution in [0.3, 0.4) is 0 Å². The number of rotatable bonds is 7. The molecule has 1 fully saturated rings. The van der Waals surface area contributed by atoms with E-state index in [1.54, 1.807) is 36.1 Å². The van der Waals surface area contributed by atoms with Gasteiger partial charge in [-0.05, 0) is 24.6 Å². The number of anilines is 1. The van der Waals surface area contributed by atoms with Crippen molar-refractivity contribution in [3.63, 3.8) is 0 Å². The first-order chi connectivity index (χ1) is 13.9. The number of nitrogens with zero attached hydrogens (tertiary/aromatic N) is 1. The third kappa shape index (κ3) is 3.40. The van der Waals surface area contributed by atoms with E-state index in [0.29, 0.717) is 34.2 Å². The number of aromatic hydroxyl groups is 1. The second kappa shape index (κ2) is 8.08. The summed E-state index contributed by atoms with van der Waals surface area (Å²) >= 11 is 0. The minimum Gasteiger partial charge on any atom is -0.504 e. The van der Waals surface area contributed by atoms with Gasteiger partial charge in [-0.25, -0.2) is 0 Å². The molecule has 0 saturated carbocycles. The Morgan fingerprint density at radius 3 is 1.97 bits per heavy atom. The summed E-state index contributed by atoms with van der Waals surface area (Å²) in [7, 11) is 5.96. The molecule has 1 saturated heterocycles. The number of carbonyl (C=O) groups is 1. The van der Waals surface area contributed by atoms with Gasteiger partial charge in [0.2, 0.25) is 11.7 Å². The van der Waals surface area contributed by atoms with E-state index in [4.69, 9.17) is 18.9 Å². The maximum atomic E-state index is 12.9. The summed E-state index contributed by atoms with van der Waals surface area (Å²) in [6, 6.07) is 7.79. The highest BCUT2D eigenvalue weighted by atomic mass is 16.5. The molecule has 1 amide bonds. The molecule has 1 heterocycles. The first-order valence-electron chi connectivity index (χ1n) is 9.05. The second-order valence-corrected chi connectivity index (χ2v) is 6.73. The number of amides is 1. The van der Waals surface area contributed by atoms with Crippen LogP contribution in [-0.4, -0.2) is 50.7 Å². The summed E-state index contributed by atoms with van der Waals surface area (Å²) in [6.07, 6.45) is -0.866. The third-order valence-corrected chi connectivity index (χ3v) is 5.13. The Morgan fingerprint density at radius 1 is 0.931 bits per heavy atom. The number of aliphatic hydroxyl groups excluding tert-OH is 1. The monoisotopic (exact) mass is 403 g/mol. The van der Waals surface area contributed by atoms with E-state index in [-0.39, 0.29) is 11.7 Å². The van der Waals surface area contributed by atoms with Crippen molar-refractivity contribution in [3.8, 4) is 28.7 Å². The van der Waals surface area contributed by atoms with Gasteiger partial charge in [0, 0.05) is 12.1 Å². The van der Waals surface area contributed by atoms with Crippen LogP contribution in [0.25, 0.3) is 0 Å². The predicted molar refractivity (Wildman–Crippen MR) is 106 cm³/mol. The average molecular weight is 403 g/mol. The predicted octanol–water partition coefficient (Wildman–Crippen LogP) is 2.51. The molecule has 2 N–H and O–H groups in total. The average Bonchev–Trinajstić information content (AvgIpc) is 2.70.